The fraction of sp³-hybridized carbons (Fsp3) is 0.600. The minimum Gasteiger partial charge on any atom is -0.494 e. The number of nitrogens with two attached hydrogens (primary N) is 1. The van der Waals surface area contributed by atoms with Crippen molar-refractivity contribution in [1.82, 2.24) is 4.90 Å². The number of benzene rings is 1. The van der Waals surface area contributed by atoms with Gasteiger partial charge in [0.2, 0.25) is 0 Å². The Balaban J connectivity index is 2.05. The fourth-order valence-corrected chi connectivity index (χ4v) is 2.74. The Morgan fingerprint density at radius 2 is 2.21 bits per heavy atom. The molecule has 0 aliphatic carbocycles. The van der Waals surface area contributed by atoms with E-state index in [-0.39, 0.29) is 0 Å². The van der Waals surface area contributed by atoms with Crippen LogP contribution in [-0.4, -0.2) is 37.7 Å². The van der Waals surface area contributed by atoms with E-state index in [1.807, 2.05) is 25.1 Å². The number of anilines is 2. The molecule has 1 fully saturated rings. The summed E-state index contributed by atoms with van der Waals surface area (Å²) in [5.74, 6) is 1.47. The van der Waals surface area contributed by atoms with E-state index in [2.05, 4.69) is 24.2 Å². The van der Waals surface area contributed by atoms with Gasteiger partial charge >= 0.3 is 0 Å². The van der Waals surface area contributed by atoms with Crippen LogP contribution in [0.15, 0.2) is 18.2 Å². The third kappa shape index (κ3) is 3.77. The lowest BCUT2D eigenvalue weighted by Crippen LogP contribution is -2.43. The average molecular weight is 263 g/mol. The SMILES string of the molecule is CCOc1cc(N)cc(NC2CCN(C)CC2C)c1. The number of ether oxygens (including phenoxy) is 1. The van der Waals surface area contributed by atoms with Crippen molar-refractivity contribution in [1.29, 1.82) is 0 Å². The first-order valence-electron chi connectivity index (χ1n) is 7.07. The Kier molecular flexibility index (Phi) is 4.53. The third-order valence-corrected chi connectivity index (χ3v) is 3.70. The van der Waals surface area contributed by atoms with Crippen molar-refractivity contribution in [3.05, 3.63) is 18.2 Å². The summed E-state index contributed by atoms with van der Waals surface area (Å²) in [6.45, 7) is 7.22. The highest BCUT2D eigenvalue weighted by Gasteiger charge is 2.24. The molecule has 4 heteroatoms. The molecule has 1 aromatic rings. The highest BCUT2D eigenvalue weighted by Crippen LogP contribution is 2.26. The molecule has 2 unspecified atom stereocenters. The first-order chi connectivity index (χ1) is 9.08. The maximum atomic E-state index is 5.92. The number of nitrogens with zero attached hydrogens (tertiary/aromatic N) is 1. The lowest BCUT2D eigenvalue weighted by Gasteiger charge is -2.35. The van der Waals surface area contributed by atoms with E-state index < -0.39 is 0 Å². The first kappa shape index (κ1) is 14.0. The standard InChI is InChI=1S/C15H25N3O/c1-4-19-14-8-12(16)7-13(9-14)17-15-5-6-18(3)10-11(15)2/h7-9,11,15,17H,4-6,10,16H2,1-3H3. The van der Waals surface area contributed by atoms with Gasteiger partial charge in [0.05, 0.1) is 6.61 Å². The Hall–Kier alpha value is -1.42. The number of hydrogen-bond donors (Lipinski definition) is 2. The minimum absolute atomic E-state index is 0.507. The molecule has 1 aromatic carbocycles. The summed E-state index contributed by atoms with van der Waals surface area (Å²) < 4.78 is 5.53. The van der Waals surface area contributed by atoms with Gasteiger partial charge in [-0.3, -0.25) is 0 Å². The van der Waals surface area contributed by atoms with Crippen LogP contribution in [0.5, 0.6) is 5.75 Å². The first-order valence-corrected chi connectivity index (χ1v) is 7.07. The second-order valence-electron chi connectivity index (χ2n) is 5.50. The number of piperidine rings is 1. The van der Waals surface area contributed by atoms with Gasteiger partial charge in [0.15, 0.2) is 0 Å². The van der Waals surface area contributed by atoms with Crippen molar-refractivity contribution < 1.29 is 4.74 Å². The number of likely N-dealkylation sites (tertiary alicyclic amines) is 1. The molecule has 4 nitrogen and oxygen atoms in total. The predicted octanol–water partition coefficient (Wildman–Crippen LogP) is 2.42. The highest BCUT2D eigenvalue weighted by atomic mass is 16.5. The lowest BCUT2D eigenvalue weighted by molar-refractivity contribution is 0.206. The Morgan fingerprint density at radius 1 is 1.42 bits per heavy atom. The van der Waals surface area contributed by atoms with E-state index in [4.69, 9.17) is 10.5 Å². The summed E-state index contributed by atoms with van der Waals surface area (Å²) in [4.78, 5) is 2.38. The van der Waals surface area contributed by atoms with Gasteiger partial charge in [-0.25, -0.2) is 0 Å². The van der Waals surface area contributed by atoms with E-state index in [9.17, 15) is 0 Å². The van der Waals surface area contributed by atoms with Crippen molar-refractivity contribution in [2.45, 2.75) is 26.3 Å². The zero-order valence-corrected chi connectivity index (χ0v) is 12.1. The fourth-order valence-electron chi connectivity index (χ4n) is 2.74. The number of nitrogen functional groups attached to an aromatic ring is 1. The predicted molar refractivity (Wildman–Crippen MR) is 80.7 cm³/mol. The molecule has 3 N–H and O–H groups in total. The van der Waals surface area contributed by atoms with Crippen LogP contribution in [0.25, 0.3) is 0 Å². The molecular weight excluding hydrogens is 238 g/mol. The van der Waals surface area contributed by atoms with E-state index in [0.717, 1.165) is 36.6 Å². The summed E-state index contributed by atoms with van der Waals surface area (Å²) in [7, 11) is 2.18. The molecule has 0 saturated carbocycles. The molecule has 0 aromatic heterocycles. The van der Waals surface area contributed by atoms with Gasteiger partial charge in [-0.05, 0) is 38.9 Å². The van der Waals surface area contributed by atoms with Gasteiger partial charge in [0, 0.05) is 36.1 Å². The summed E-state index contributed by atoms with van der Waals surface area (Å²) >= 11 is 0. The van der Waals surface area contributed by atoms with Crippen LogP contribution < -0.4 is 15.8 Å². The summed E-state index contributed by atoms with van der Waals surface area (Å²) in [6.07, 6.45) is 1.16. The maximum absolute atomic E-state index is 5.92. The van der Waals surface area contributed by atoms with Crippen LogP contribution in [0.3, 0.4) is 0 Å². The molecule has 1 saturated heterocycles. The number of rotatable bonds is 4. The second-order valence-corrected chi connectivity index (χ2v) is 5.50. The normalized spacial score (nSPS) is 24.2. The molecule has 1 heterocycles. The zero-order chi connectivity index (χ0) is 13.8. The van der Waals surface area contributed by atoms with Crippen LogP contribution in [0.4, 0.5) is 11.4 Å². The lowest BCUT2D eigenvalue weighted by atomic mass is 9.94. The van der Waals surface area contributed by atoms with Crippen molar-refractivity contribution >= 4 is 11.4 Å². The van der Waals surface area contributed by atoms with Gasteiger partial charge in [-0.15, -0.1) is 0 Å². The molecule has 0 bridgehead atoms. The van der Waals surface area contributed by atoms with Gasteiger partial charge in [0.25, 0.3) is 0 Å². The van der Waals surface area contributed by atoms with Gasteiger partial charge in [-0.2, -0.15) is 0 Å². The molecular formula is C15H25N3O. The average Bonchev–Trinajstić information content (AvgIpc) is 2.32. The van der Waals surface area contributed by atoms with Gasteiger partial charge < -0.3 is 20.7 Å². The third-order valence-electron chi connectivity index (χ3n) is 3.70. The smallest absolute Gasteiger partial charge is 0.123 e. The van der Waals surface area contributed by atoms with Crippen molar-refractivity contribution in [3.63, 3.8) is 0 Å². The molecule has 106 valence electrons. The Bertz CT molecular complexity index is 422. The van der Waals surface area contributed by atoms with Crippen LogP contribution >= 0.6 is 0 Å². The van der Waals surface area contributed by atoms with Crippen LogP contribution in [0.1, 0.15) is 20.3 Å². The Labute approximate surface area is 115 Å². The van der Waals surface area contributed by atoms with E-state index in [1.165, 1.54) is 0 Å². The van der Waals surface area contributed by atoms with Crippen LogP contribution in [0.2, 0.25) is 0 Å². The van der Waals surface area contributed by atoms with E-state index in [1.54, 1.807) is 0 Å². The van der Waals surface area contributed by atoms with Crippen molar-refractivity contribution in [2.75, 3.05) is 37.8 Å². The molecule has 0 radical (unpaired) electrons. The topological polar surface area (TPSA) is 50.5 Å². The second kappa shape index (κ2) is 6.15. The monoisotopic (exact) mass is 263 g/mol. The summed E-state index contributed by atoms with van der Waals surface area (Å²) in [6, 6.07) is 6.39. The number of nitrogens with one attached hydrogen (secondary N) is 1. The van der Waals surface area contributed by atoms with E-state index in [0.29, 0.717) is 18.6 Å². The Morgan fingerprint density at radius 3 is 2.89 bits per heavy atom. The minimum atomic E-state index is 0.507. The number of hydrogen-bond acceptors (Lipinski definition) is 4. The molecule has 0 amide bonds. The molecule has 2 rings (SSSR count). The maximum Gasteiger partial charge on any atom is 0.123 e. The van der Waals surface area contributed by atoms with E-state index >= 15 is 0 Å². The van der Waals surface area contributed by atoms with Gasteiger partial charge in [-0.1, -0.05) is 6.92 Å². The van der Waals surface area contributed by atoms with Gasteiger partial charge in [0.1, 0.15) is 5.75 Å². The molecule has 2 atom stereocenters. The summed E-state index contributed by atoms with van der Waals surface area (Å²) in [5.41, 5.74) is 7.73. The van der Waals surface area contributed by atoms with Crippen molar-refractivity contribution in [2.24, 2.45) is 5.92 Å². The van der Waals surface area contributed by atoms with Crippen LogP contribution in [0, 0.1) is 5.92 Å². The molecule has 1 aliphatic heterocycles. The quantitative estimate of drug-likeness (QED) is 0.819. The molecule has 19 heavy (non-hydrogen) atoms. The molecule has 1 aliphatic rings. The van der Waals surface area contributed by atoms with Crippen molar-refractivity contribution in [3.8, 4) is 5.75 Å². The summed E-state index contributed by atoms with van der Waals surface area (Å²) in [5, 5.41) is 3.60. The largest absolute Gasteiger partial charge is 0.494 e. The zero-order valence-electron chi connectivity index (χ0n) is 12.1. The highest BCUT2D eigenvalue weighted by molar-refractivity contribution is 5.59. The molecule has 0 spiro atoms. The van der Waals surface area contributed by atoms with Crippen LogP contribution in [-0.2, 0) is 0 Å².